The van der Waals surface area contributed by atoms with Gasteiger partial charge in [-0.2, -0.15) is 5.10 Å². The van der Waals surface area contributed by atoms with E-state index in [9.17, 15) is 14.3 Å². The van der Waals surface area contributed by atoms with Gasteiger partial charge in [0.2, 0.25) is 0 Å². The van der Waals surface area contributed by atoms with Crippen molar-refractivity contribution in [2.45, 2.75) is 51.8 Å². The van der Waals surface area contributed by atoms with Crippen LogP contribution in [-0.2, 0) is 17.7 Å². The third kappa shape index (κ3) is 4.80. The standard InChI is InChI=1S/C23H26FN5O4/c1-14-5-6-18-19(29(14)22(30)32-4)8-7-17(15-9-27-28(12-15)13-23(2,3)31)20(18)33-21-25-10-16(24)11-26-21/h7-12,14,31H,5-6,13H2,1-4H3/t14-/m0/s1. The minimum atomic E-state index is -0.933. The summed E-state index contributed by atoms with van der Waals surface area (Å²) in [6.45, 7) is 5.67. The number of nitrogens with zero attached hydrogens (tertiary/aromatic N) is 5. The smallest absolute Gasteiger partial charge is 0.414 e. The molecule has 0 spiro atoms. The molecule has 10 heteroatoms. The maximum absolute atomic E-state index is 13.3. The molecule has 0 aliphatic carbocycles. The average Bonchev–Trinajstić information content (AvgIpc) is 3.21. The molecule has 0 saturated carbocycles. The molecule has 4 rings (SSSR count). The molecule has 3 aromatic rings. The Bertz CT molecular complexity index is 1160. The summed E-state index contributed by atoms with van der Waals surface area (Å²) in [6.07, 6.45) is 6.43. The summed E-state index contributed by atoms with van der Waals surface area (Å²) >= 11 is 0. The third-order valence-corrected chi connectivity index (χ3v) is 5.40. The number of rotatable bonds is 5. The molecule has 2 aromatic heterocycles. The van der Waals surface area contributed by atoms with Gasteiger partial charge in [-0.15, -0.1) is 0 Å². The van der Waals surface area contributed by atoms with E-state index in [0.29, 0.717) is 36.4 Å². The van der Waals surface area contributed by atoms with Gasteiger partial charge in [-0.25, -0.2) is 19.2 Å². The van der Waals surface area contributed by atoms with Crippen molar-refractivity contribution in [1.29, 1.82) is 0 Å². The van der Waals surface area contributed by atoms with E-state index in [1.807, 2.05) is 25.3 Å². The van der Waals surface area contributed by atoms with Gasteiger partial charge in [0.25, 0.3) is 0 Å². The van der Waals surface area contributed by atoms with Gasteiger partial charge < -0.3 is 14.6 Å². The number of amides is 1. The first-order valence-electron chi connectivity index (χ1n) is 10.6. The quantitative estimate of drug-likeness (QED) is 0.621. The molecule has 9 nitrogen and oxygen atoms in total. The summed E-state index contributed by atoms with van der Waals surface area (Å²) in [5, 5.41) is 14.5. The van der Waals surface area contributed by atoms with Crippen LogP contribution in [0.5, 0.6) is 11.8 Å². The fraction of sp³-hybridized carbons (Fsp3) is 0.391. The van der Waals surface area contributed by atoms with Crippen LogP contribution in [0.2, 0.25) is 0 Å². The molecule has 1 amide bonds. The molecule has 0 bridgehead atoms. The molecule has 0 fully saturated rings. The van der Waals surface area contributed by atoms with Crippen LogP contribution in [0.3, 0.4) is 0 Å². The van der Waals surface area contributed by atoms with Crippen LogP contribution in [0, 0.1) is 5.82 Å². The molecule has 1 aromatic carbocycles. The van der Waals surface area contributed by atoms with E-state index in [-0.39, 0.29) is 12.1 Å². The zero-order valence-electron chi connectivity index (χ0n) is 18.9. The number of carbonyl (C=O) groups is 1. The second kappa shape index (κ2) is 8.78. The van der Waals surface area contributed by atoms with E-state index in [1.165, 1.54) is 7.11 Å². The Hall–Kier alpha value is -3.53. The van der Waals surface area contributed by atoms with Crippen molar-refractivity contribution in [3.63, 3.8) is 0 Å². The largest absolute Gasteiger partial charge is 0.452 e. The predicted molar refractivity (Wildman–Crippen MR) is 119 cm³/mol. The number of carbonyl (C=O) groups excluding carboxylic acids is 1. The first-order valence-corrected chi connectivity index (χ1v) is 10.6. The van der Waals surface area contributed by atoms with Gasteiger partial charge in [0.15, 0.2) is 5.82 Å². The molecule has 0 unspecified atom stereocenters. The van der Waals surface area contributed by atoms with Crippen molar-refractivity contribution in [1.82, 2.24) is 19.7 Å². The molecule has 3 heterocycles. The van der Waals surface area contributed by atoms with Gasteiger partial charge in [-0.3, -0.25) is 9.58 Å². The molecule has 0 saturated heterocycles. The Morgan fingerprint density at radius 3 is 2.67 bits per heavy atom. The summed E-state index contributed by atoms with van der Waals surface area (Å²) in [5.41, 5.74) is 1.99. The van der Waals surface area contributed by atoms with Crippen LogP contribution < -0.4 is 9.64 Å². The highest BCUT2D eigenvalue weighted by Crippen LogP contribution is 2.44. The van der Waals surface area contributed by atoms with Crippen LogP contribution in [0.25, 0.3) is 11.1 Å². The number of hydrogen-bond donors (Lipinski definition) is 1. The third-order valence-electron chi connectivity index (χ3n) is 5.40. The number of fused-ring (bicyclic) bond motifs is 1. The van der Waals surface area contributed by atoms with E-state index in [0.717, 1.165) is 23.5 Å². The molecule has 174 valence electrons. The van der Waals surface area contributed by atoms with Crippen molar-refractivity contribution in [3.05, 3.63) is 48.3 Å². The topological polar surface area (TPSA) is 103 Å². The fourth-order valence-electron chi connectivity index (χ4n) is 3.96. The van der Waals surface area contributed by atoms with Crippen LogP contribution in [0.15, 0.2) is 36.9 Å². The molecule has 1 N–H and O–H groups in total. The Balaban J connectivity index is 1.83. The zero-order valence-corrected chi connectivity index (χ0v) is 18.9. The minimum absolute atomic E-state index is 0.0156. The molecule has 1 aliphatic heterocycles. The lowest BCUT2D eigenvalue weighted by molar-refractivity contribution is 0.0577. The lowest BCUT2D eigenvalue weighted by Crippen LogP contribution is -2.42. The maximum Gasteiger partial charge on any atom is 0.414 e. The van der Waals surface area contributed by atoms with Crippen molar-refractivity contribution in [2.75, 3.05) is 12.0 Å². The first kappa shape index (κ1) is 22.7. The van der Waals surface area contributed by atoms with Gasteiger partial charge in [0.1, 0.15) is 5.75 Å². The van der Waals surface area contributed by atoms with Crippen LogP contribution >= 0.6 is 0 Å². The van der Waals surface area contributed by atoms with Gasteiger partial charge in [0, 0.05) is 28.9 Å². The summed E-state index contributed by atoms with van der Waals surface area (Å²) < 4.78 is 26.0. The molecule has 0 radical (unpaired) electrons. The van der Waals surface area contributed by atoms with Gasteiger partial charge in [0.05, 0.1) is 43.5 Å². The van der Waals surface area contributed by atoms with Crippen molar-refractivity contribution < 1.29 is 23.8 Å². The minimum Gasteiger partial charge on any atom is -0.452 e. The monoisotopic (exact) mass is 455 g/mol. The fourth-order valence-corrected chi connectivity index (χ4v) is 3.96. The molecule has 33 heavy (non-hydrogen) atoms. The lowest BCUT2D eigenvalue weighted by atomic mass is 9.92. The maximum atomic E-state index is 13.3. The van der Waals surface area contributed by atoms with Gasteiger partial charge in [-0.1, -0.05) is 0 Å². The second-order valence-electron chi connectivity index (χ2n) is 8.69. The van der Waals surface area contributed by atoms with Crippen molar-refractivity contribution in [2.24, 2.45) is 0 Å². The normalized spacial score (nSPS) is 15.8. The number of methoxy groups -OCH3 is 1. The van der Waals surface area contributed by atoms with E-state index >= 15 is 0 Å². The van der Waals surface area contributed by atoms with E-state index in [4.69, 9.17) is 9.47 Å². The Morgan fingerprint density at radius 2 is 2.00 bits per heavy atom. The number of aliphatic hydroxyl groups is 1. The Morgan fingerprint density at radius 1 is 1.27 bits per heavy atom. The molecular weight excluding hydrogens is 429 g/mol. The second-order valence-corrected chi connectivity index (χ2v) is 8.69. The summed E-state index contributed by atoms with van der Waals surface area (Å²) in [4.78, 5) is 22.0. The summed E-state index contributed by atoms with van der Waals surface area (Å²) in [7, 11) is 1.35. The van der Waals surface area contributed by atoms with Crippen LogP contribution in [0.4, 0.5) is 14.9 Å². The lowest BCUT2D eigenvalue weighted by Gasteiger charge is -2.35. The first-order chi connectivity index (χ1) is 15.7. The Labute approximate surface area is 190 Å². The average molecular weight is 455 g/mol. The van der Waals surface area contributed by atoms with Gasteiger partial charge in [-0.05, 0) is 45.7 Å². The van der Waals surface area contributed by atoms with Crippen LogP contribution in [-0.4, -0.2) is 49.7 Å². The van der Waals surface area contributed by atoms with E-state index < -0.39 is 17.5 Å². The number of ether oxygens (including phenoxy) is 2. The summed E-state index contributed by atoms with van der Waals surface area (Å²) in [6, 6.07) is 3.61. The predicted octanol–water partition coefficient (Wildman–Crippen LogP) is 3.95. The van der Waals surface area contributed by atoms with Crippen LogP contribution in [0.1, 0.15) is 32.8 Å². The molecule has 1 atom stereocenters. The highest BCUT2D eigenvalue weighted by Gasteiger charge is 2.32. The highest BCUT2D eigenvalue weighted by atomic mass is 19.1. The molecular formula is C23H26FN5O4. The van der Waals surface area contributed by atoms with Gasteiger partial charge >= 0.3 is 12.1 Å². The number of benzene rings is 1. The van der Waals surface area contributed by atoms with E-state index in [2.05, 4.69) is 15.1 Å². The van der Waals surface area contributed by atoms with E-state index in [1.54, 1.807) is 29.6 Å². The number of hydrogen-bond acceptors (Lipinski definition) is 7. The number of aromatic nitrogens is 4. The summed E-state index contributed by atoms with van der Waals surface area (Å²) in [5.74, 6) is -0.112. The highest BCUT2D eigenvalue weighted by molar-refractivity contribution is 5.92. The van der Waals surface area contributed by atoms with Crippen molar-refractivity contribution in [3.8, 4) is 22.9 Å². The number of anilines is 1. The molecule has 1 aliphatic rings. The zero-order chi connectivity index (χ0) is 23.8. The number of halogens is 1. The Kier molecular flexibility index (Phi) is 6.03. The van der Waals surface area contributed by atoms with Crippen molar-refractivity contribution >= 4 is 11.8 Å². The SMILES string of the molecule is COC(=O)N1c2ccc(-c3cnn(CC(C)(C)O)c3)c(Oc3ncc(F)cn3)c2CC[C@@H]1C.